The quantitative estimate of drug-likeness (QED) is 0.268. The number of phenols is 1. The van der Waals surface area contributed by atoms with Crippen molar-refractivity contribution in [3.63, 3.8) is 0 Å². The van der Waals surface area contributed by atoms with E-state index in [9.17, 15) is 22.8 Å². The predicted octanol–water partition coefficient (Wildman–Crippen LogP) is 6.83. The Labute approximate surface area is 242 Å². The number of nitrogens with zero attached hydrogens (tertiary/aromatic N) is 3. The third kappa shape index (κ3) is 7.15. The van der Waals surface area contributed by atoms with Gasteiger partial charge in [0.05, 0.1) is 6.04 Å². The molecule has 1 atom stereocenters. The average Bonchev–Trinajstić information content (AvgIpc) is 3.46. The first-order valence-corrected chi connectivity index (χ1v) is 15.1. The normalized spacial score (nSPS) is 18.8. The predicted molar refractivity (Wildman–Crippen MR) is 152 cm³/mol. The molecule has 0 saturated carbocycles. The fourth-order valence-electron chi connectivity index (χ4n) is 5.56. The van der Waals surface area contributed by atoms with Gasteiger partial charge in [-0.2, -0.15) is 4.76 Å². The lowest BCUT2D eigenvalue weighted by molar-refractivity contribution is -0.274. The summed E-state index contributed by atoms with van der Waals surface area (Å²) < 4.78 is 70.9. The van der Waals surface area contributed by atoms with Crippen LogP contribution in [0.25, 0.3) is 0 Å². The number of aromatic hydroxyl groups is 1. The van der Waals surface area contributed by atoms with E-state index in [1.165, 1.54) is 45.3 Å². The van der Waals surface area contributed by atoms with Crippen molar-refractivity contribution in [3.05, 3.63) is 94.5 Å². The minimum Gasteiger partial charge on any atom is -0.508 e. The number of benzene rings is 3. The van der Waals surface area contributed by atoms with Crippen molar-refractivity contribution in [2.75, 3.05) is 27.3 Å². The van der Waals surface area contributed by atoms with Crippen LogP contribution in [0.4, 0.5) is 13.2 Å². The van der Waals surface area contributed by atoms with Crippen LogP contribution in [0.1, 0.15) is 46.7 Å². The van der Waals surface area contributed by atoms with E-state index in [2.05, 4.69) is 26.5 Å². The van der Waals surface area contributed by atoms with Gasteiger partial charge in [0.15, 0.2) is 0 Å². The molecule has 3 aromatic rings. The SMILES string of the molecule is COP(=O)(/N=C1/Cc2ccc(O)cc2C(c2ccc(CN3CCCC3)cc2)N1Cc1cccc(OC(F)(F)F)c1)OC. The van der Waals surface area contributed by atoms with Crippen LogP contribution in [0.15, 0.2) is 71.5 Å². The Morgan fingerprint density at radius 2 is 1.67 bits per heavy atom. The molecular weight excluding hydrogens is 570 g/mol. The highest BCUT2D eigenvalue weighted by molar-refractivity contribution is 7.52. The highest BCUT2D eigenvalue weighted by Crippen LogP contribution is 2.50. The summed E-state index contributed by atoms with van der Waals surface area (Å²) in [6, 6.07) is 18.4. The number of phenolic OH excluding ortho intramolecular Hbond substituents is 1. The van der Waals surface area contributed by atoms with E-state index in [0.717, 1.165) is 41.9 Å². The van der Waals surface area contributed by atoms with E-state index < -0.39 is 20.2 Å². The largest absolute Gasteiger partial charge is 0.573 e. The number of alkyl halides is 3. The zero-order valence-electron chi connectivity index (χ0n) is 23.4. The summed E-state index contributed by atoms with van der Waals surface area (Å²) in [5.74, 6) is 0.0918. The lowest BCUT2D eigenvalue weighted by atomic mass is 9.86. The van der Waals surface area contributed by atoms with Crippen molar-refractivity contribution in [3.8, 4) is 11.5 Å². The maximum atomic E-state index is 13.2. The summed E-state index contributed by atoms with van der Waals surface area (Å²) in [5.41, 5.74) is 4.18. The lowest BCUT2D eigenvalue weighted by Crippen LogP contribution is -2.40. The molecule has 0 bridgehead atoms. The monoisotopic (exact) mass is 603 g/mol. The van der Waals surface area contributed by atoms with E-state index in [1.54, 1.807) is 24.3 Å². The molecule has 42 heavy (non-hydrogen) atoms. The van der Waals surface area contributed by atoms with Gasteiger partial charge in [-0.3, -0.25) is 13.9 Å². The maximum absolute atomic E-state index is 13.2. The van der Waals surface area contributed by atoms with E-state index in [-0.39, 0.29) is 24.5 Å². The lowest BCUT2D eigenvalue weighted by Gasteiger charge is -2.40. The zero-order valence-corrected chi connectivity index (χ0v) is 24.3. The Morgan fingerprint density at radius 3 is 2.33 bits per heavy atom. The van der Waals surface area contributed by atoms with Gasteiger partial charge in [0.1, 0.15) is 17.3 Å². The second-order valence-electron chi connectivity index (χ2n) is 10.4. The third-order valence-electron chi connectivity index (χ3n) is 7.50. The zero-order chi connectivity index (χ0) is 29.9. The molecule has 2 aliphatic heterocycles. The minimum atomic E-state index is -4.84. The molecule has 0 amide bonds. The molecule has 8 nitrogen and oxygen atoms in total. The Bertz CT molecular complexity index is 1470. The van der Waals surface area contributed by atoms with Crippen LogP contribution in [0, 0.1) is 0 Å². The molecule has 2 heterocycles. The van der Waals surface area contributed by atoms with Crippen molar-refractivity contribution in [1.82, 2.24) is 9.80 Å². The Balaban J connectivity index is 1.59. The molecule has 1 N–H and O–H groups in total. The van der Waals surface area contributed by atoms with Crippen LogP contribution >= 0.6 is 7.75 Å². The molecule has 0 aliphatic carbocycles. The summed E-state index contributed by atoms with van der Waals surface area (Å²) in [6.45, 7) is 3.08. The van der Waals surface area contributed by atoms with E-state index >= 15 is 0 Å². The van der Waals surface area contributed by atoms with Crippen LogP contribution in [0.3, 0.4) is 0 Å². The first-order valence-electron chi connectivity index (χ1n) is 13.6. The molecule has 2 aliphatic rings. The number of rotatable bonds is 9. The van der Waals surface area contributed by atoms with Crippen molar-refractivity contribution in [2.45, 2.75) is 44.8 Å². The standard InChI is InChI=1S/C30H33F3N3O5P/c1-39-42(38,40-2)34-28-17-24-12-13-25(37)18-27(24)29(23-10-8-21(9-11-23)19-35-14-3-4-15-35)36(28)20-22-6-5-7-26(16-22)41-30(31,32)33/h5-13,16,18,29,37H,3-4,14-15,17,19-20H2,1-2H3/b34-28-. The van der Waals surface area contributed by atoms with Crippen molar-refractivity contribution in [1.29, 1.82) is 0 Å². The van der Waals surface area contributed by atoms with Gasteiger partial charge in [-0.1, -0.05) is 42.5 Å². The van der Waals surface area contributed by atoms with Crippen LogP contribution in [-0.4, -0.2) is 54.4 Å². The van der Waals surface area contributed by atoms with E-state index in [1.807, 2.05) is 17.0 Å². The van der Waals surface area contributed by atoms with Gasteiger partial charge in [0, 0.05) is 33.7 Å². The maximum Gasteiger partial charge on any atom is 0.573 e. The summed E-state index contributed by atoms with van der Waals surface area (Å²) in [6.07, 6.45) is -2.22. The fraction of sp³-hybridized carbons (Fsp3) is 0.367. The van der Waals surface area contributed by atoms with Crippen LogP contribution in [-0.2, 0) is 33.1 Å². The van der Waals surface area contributed by atoms with Crippen molar-refractivity contribution >= 4 is 13.6 Å². The highest BCUT2D eigenvalue weighted by Gasteiger charge is 2.36. The molecule has 0 aromatic heterocycles. The van der Waals surface area contributed by atoms with Gasteiger partial charge in [0.25, 0.3) is 0 Å². The van der Waals surface area contributed by atoms with E-state index in [4.69, 9.17) is 9.05 Å². The van der Waals surface area contributed by atoms with Crippen LogP contribution < -0.4 is 4.74 Å². The van der Waals surface area contributed by atoms with Gasteiger partial charge >= 0.3 is 14.1 Å². The number of likely N-dealkylation sites (tertiary alicyclic amines) is 1. The van der Waals surface area contributed by atoms with Crippen LogP contribution in [0.2, 0.25) is 0 Å². The molecule has 1 saturated heterocycles. The van der Waals surface area contributed by atoms with Crippen molar-refractivity contribution in [2.24, 2.45) is 4.76 Å². The Hall–Kier alpha value is -3.37. The summed E-state index contributed by atoms with van der Waals surface area (Å²) >= 11 is 0. The molecule has 5 rings (SSSR count). The second kappa shape index (κ2) is 12.5. The van der Waals surface area contributed by atoms with Crippen LogP contribution in [0.5, 0.6) is 11.5 Å². The molecule has 1 fully saturated rings. The highest BCUT2D eigenvalue weighted by atomic mass is 31.2. The van der Waals surface area contributed by atoms with Gasteiger partial charge in [0.2, 0.25) is 0 Å². The van der Waals surface area contributed by atoms with Gasteiger partial charge in [-0.25, -0.2) is 4.57 Å². The Morgan fingerprint density at radius 1 is 0.952 bits per heavy atom. The Kier molecular flexibility index (Phi) is 8.94. The third-order valence-corrected chi connectivity index (χ3v) is 8.90. The minimum absolute atomic E-state index is 0.0739. The average molecular weight is 604 g/mol. The summed E-state index contributed by atoms with van der Waals surface area (Å²) in [5, 5.41) is 10.4. The molecule has 1 unspecified atom stereocenters. The number of ether oxygens (including phenoxy) is 1. The van der Waals surface area contributed by atoms with E-state index in [0.29, 0.717) is 11.4 Å². The van der Waals surface area contributed by atoms with Gasteiger partial charge in [-0.05, 0) is 78.0 Å². The first kappa shape index (κ1) is 30.1. The summed E-state index contributed by atoms with van der Waals surface area (Å²) in [4.78, 5) is 4.26. The van der Waals surface area contributed by atoms with Gasteiger partial charge < -0.3 is 14.7 Å². The fourth-order valence-corrected chi connectivity index (χ4v) is 6.34. The smallest absolute Gasteiger partial charge is 0.508 e. The molecule has 3 aromatic carbocycles. The number of halogens is 3. The number of fused-ring (bicyclic) bond motifs is 1. The molecule has 0 spiro atoms. The first-order chi connectivity index (χ1) is 20.1. The molecule has 0 radical (unpaired) electrons. The summed E-state index contributed by atoms with van der Waals surface area (Å²) in [7, 11) is -1.40. The number of hydrogen-bond acceptors (Lipinski definition) is 6. The topological polar surface area (TPSA) is 83.8 Å². The number of hydrogen-bond donors (Lipinski definition) is 1. The molecular formula is C30H33F3N3O5P. The molecule has 224 valence electrons. The van der Waals surface area contributed by atoms with Gasteiger partial charge in [-0.15, -0.1) is 13.2 Å². The molecule has 12 heteroatoms. The van der Waals surface area contributed by atoms with Crippen molar-refractivity contribution < 1.29 is 36.6 Å². The second-order valence-corrected chi connectivity index (χ2v) is 12.2. The number of amidine groups is 1.